The molecule has 1 fully saturated rings. The van der Waals surface area contributed by atoms with Gasteiger partial charge in [-0.05, 0) is 42.7 Å². The summed E-state index contributed by atoms with van der Waals surface area (Å²) < 4.78 is 45.7. The number of hydrogen-bond acceptors (Lipinski definition) is 7. The third-order valence-electron chi connectivity index (χ3n) is 4.93. The van der Waals surface area contributed by atoms with Gasteiger partial charge in [-0.3, -0.25) is 10.1 Å². The highest BCUT2D eigenvalue weighted by Gasteiger charge is 2.33. The number of halogens is 2. The zero-order valence-corrected chi connectivity index (χ0v) is 18.5. The van der Waals surface area contributed by atoms with Crippen LogP contribution in [0.25, 0.3) is 0 Å². The molecule has 2 aromatic heterocycles. The lowest BCUT2D eigenvalue weighted by Crippen LogP contribution is -2.41. The van der Waals surface area contributed by atoms with Gasteiger partial charge in [0.25, 0.3) is 10.0 Å². The first-order chi connectivity index (χ1) is 14.8. The van der Waals surface area contributed by atoms with Crippen LogP contribution in [0, 0.1) is 11.7 Å². The van der Waals surface area contributed by atoms with Crippen LogP contribution < -0.4 is 5.32 Å². The number of thiophene rings is 1. The van der Waals surface area contributed by atoms with Crippen LogP contribution in [0.15, 0.2) is 45.0 Å². The smallest absolute Gasteiger partial charge is 0.322 e. The van der Waals surface area contributed by atoms with Crippen molar-refractivity contribution in [3.63, 3.8) is 0 Å². The Bertz CT molecular complexity index is 1170. The van der Waals surface area contributed by atoms with E-state index in [9.17, 15) is 17.6 Å². The van der Waals surface area contributed by atoms with Crippen molar-refractivity contribution < 1.29 is 22.0 Å². The van der Waals surface area contributed by atoms with E-state index in [0.29, 0.717) is 23.6 Å². The number of rotatable bonds is 6. The van der Waals surface area contributed by atoms with Gasteiger partial charge in [0.05, 0.1) is 10.8 Å². The van der Waals surface area contributed by atoms with Crippen LogP contribution in [0.4, 0.5) is 10.4 Å². The summed E-state index contributed by atoms with van der Waals surface area (Å²) >= 11 is 6.86. The number of carbonyl (C=O) groups is 1. The van der Waals surface area contributed by atoms with Crippen molar-refractivity contribution in [1.82, 2.24) is 14.5 Å². The highest BCUT2D eigenvalue weighted by Crippen LogP contribution is 2.30. The molecule has 1 aromatic carbocycles. The monoisotopic (exact) mass is 484 g/mol. The average molecular weight is 485 g/mol. The quantitative estimate of drug-likeness (QED) is 0.573. The molecule has 1 aliphatic rings. The molecule has 164 valence electrons. The Morgan fingerprint density at radius 2 is 1.90 bits per heavy atom. The Labute approximate surface area is 187 Å². The third-order valence-corrected chi connectivity index (χ3v) is 8.53. The number of sulfonamides is 1. The van der Waals surface area contributed by atoms with Crippen LogP contribution in [0.2, 0.25) is 4.34 Å². The summed E-state index contributed by atoms with van der Waals surface area (Å²) in [6, 6.07) is 8.93. The molecule has 8 nitrogen and oxygen atoms in total. The highest BCUT2D eigenvalue weighted by molar-refractivity contribution is 7.91. The fraction of sp³-hybridized carbons (Fsp3) is 0.316. The van der Waals surface area contributed by atoms with E-state index in [1.807, 2.05) is 0 Å². The molecule has 1 amide bonds. The van der Waals surface area contributed by atoms with E-state index in [1.165, 1.54) is 22.5 Å². The van der Waals surface area contributed by atoms with Gasteiger partial charge in [0, 0.05) is 19.0 Å². The Balaban J connectivity index is 1.31. The first-order valence-electron chi connectivity index (χ1n) is 9.44. The summed E-state index contributed by atoms with van der Waals surface area (Å²) in [5.41, 5.74) is 0.795. The number of aromatic nitrogens is 2. The maximum atomic E-state index is 13.0. The molecule has 0 spiro atoms. The van der Waals surface area contributed by atoms with Gasteiger partial charge in [-0.2, -0.15) is 4.31 Å². The fourth-order valence-electron chi connectivity index (χ4n) is 3.28. The number of amides is 1. The predicted octanol–water partition coefficient (Wildman–Crippen LogP) is 3.55. The minimum absolute atomic E-state index is 0.0228. The number of anilines is 1. The Hall–Kier alpha value is -2.34. The van der Waals surface area contributed by atoms with Crippen molar-refractivity contribution in [2.45, 2.75) is 23.5 Å². The second-order valence-electron chi connectivity index (χ2n) is 7.03. The van der Waals surface area contributed by atoms with Crippen molar-refractivity contribution in [3.05, 3.63) is 58.0 Å². The van der Waals surface area contributed by atoms with Crippen molar-refractivity contribution >= 4 is 44.9 Å². The second-order valence-corrected chi connectivity index (χ2v) is 10.9. The van der Waals surface area contributed by atoms with E-state index in [2.05, 4.69) is 15.5 Å². The molecule has 0 bridgehead atoms. The maximum Gasteiger partial charge on any atom is 0.322 e. The zero-order valence-electron chi connectivity index (χ0n) is 16.1. The van der Waals surface area contributed by atoms with Crippen molar-refractivity contribution in [2.24, 2.45) is 5.92 Å². The lowest BCUT2D eigenvalue weighted by molar-refractivity contribution is -0.121. The molecule has 1 N–H and O–H groups in total. The molecule has 12 heteroatoms. The van der Waals surface area contributed by atoms with Gasteiger partial charge in [0.1, 0.15) is 10.0 Å². The minimum Gasteiger partial charge on any atom is -0.407 e. The molecule has 3 heterocycles. The molecule has 3 aromatic rings. The number of nitrogens with zero attached hydrogens (tertiary/aromatic N) is 3. The number of hydrogen-bond donors (Lipinski definition) is 1. The minimum atomic E-state index is -3.61. The summed E-state index contributed by atoms with van der Waals surface area (Å²) in [7, 11) is -3.61. The summed E-state index contributed by atoms with van der Waals surface area (Å²) in [6.07, 6.45) is 1.06. The molecule has 1 saturated heterocycles. The zero-order chi connectivity index (χ0) is 22.0. The van der Waals surface area contributed by atoms with Gasteiger partial charge in [0.15, 0.2) is 0 Å². The lowest BCUT2D eigenvalue weighted by atomic mass is 9.97. The second kappa shape index (κ2) is 9.03. The van der Waals surface area contributed by atoms with Crippen molar-refractivity contribution in [1.29, 1.82) is 0 Å². The van der Waals surface area contributed by atoms with E-state index < -0.39 is 10.0 Å². The molecule has 0 saturated carbocycles. The van der Waals surface area contributed by atoms with Crippen molar-refractivity contribution in [3.8, 4) is 0 Å². The lowest BCUT2D eigenvalue weighted by Gasteiger charge is -2.29. The molecular weight excluding hydrogens is 467 g/mol. The van der Waals surface area contributed by atoms with Gasteiger partial charge >= 0.3 is 6.01 Å². The van der Waals surface area contributed by atoms with Crippen LogP contribution in [0.1, 0.15) is 24.3 Å². The van der Waals surface area contributed by atoms with Gasteiger partial charge < -0.3 is 4.42 Å². The first kappa shape index (κ1) is 21.9. The van der Waals surface area contributed by atoms with E-state index in [-0.39, 0.29) is 46.8 Å². The molecule has 0 unspecified atom stereocenters. The van der Waals surface area contributed by atoms with Crippen molar-refractivity contribution in [2.75, 3.05) is 18.4 Å². The van der Waals surface area contributed by atoms with Crippen LogP contribution in [-0.2, 0) is 21.2 Å². The van der Waals surface area contributed by atoms with Crippen LogP contribution >= 0.6 is 22.9 Å². The van der Waals surface area contributed by atoms with E-state index in [4.69, 9.17) is 16.0 Å². The topological polar surface area (TPSA) is 105 Å². The Morgan fingerprint density at radius 1 is 1.19 bits per heavy atom. The molecule has 1 aliphatic heterocycles. The molecule has 0 radical (unpaired) electrons. The van der Waals surface area contributed by atoms with Gasteiger partial charge in [-0.15, -0.1) is 16.4 Å². The van der Waals surface area contributed by atoms with Gasteiger partial charge in [-0.1, -0.05) is 28.8 Å². The third kappa shape index (κ3) is 5.12. The first-order valence-corrected chi connectivity index (χ1v) is 12.1. The normalized spacial score (nSPS) is 15.8. The molecule has 4 rings (SSSR count). The summed E-state index contributed by atoms with van der Waals surface area (Å²) in [4.78, 5) is 12.5. The standard InChI is InChI=1S/C19H18ClFN4O4S2/c20-15-5-6-17(30-15)31(27,28)25-9-7-13(8-10-25)18(26)22-19-24-23-16(29-19)11-12-1-3-14(21)4-2-12/h1-6,13H,7-11H2,(H,22,24,26). The number of carbonyl (C=O) groups excluding carboxylic acids is 1. The summed E-state index contributed by atoms with van der Waals surface area (Å²) in [5.74, 6) is -0.711. The molecule has 31 heavy (non-hydrogen) atoms. The van der Waals surface area contributed by atoms with E-state index in [1.54, 1.807) is 18.2 Å². The number of benzene rings is 1. The largest absolute Gasteiger partial charge is 0.407 e. The number of piperidine rings is 1. The molecule has 0 atom stereocenters. The summed E-state index contributed by atoms with van der Waals surface area (Å²) in [6.45, 7) is 0.463. The van der Waals surface area contributed by atoms with Gasteiger partial charge in [0.2, 0.25) is 11.8 Å². The van der Waals surface area contributed by atoms with E-state index in [0.717, 1.165) is 16.9 Å². The van der Waals surface area contributed by atoms with E-state index >= 15 is 0 Å². The predicted molar refractivity (Wildman–Crippen MR) is 113 cm³/mol. The molecule has 0 aliphatic carbocycles. The Kier molecular flexibility index (Phi) is 6.37. The van der Waals surface area contributed by atoms with Crippen LogP contribution in [0.5, 0.6) is 0 Å². The molecular formula is C19H18ClFN4O4S2. The van der Waals surface area contributed by atoms with Crippen LogP contribution in [0.3, 0.4) is 0 Å². The average Bonchev–Trinajstić information content (AvgIpc) is 3.39. The number of nitrogens with one attached hydrogen (secondary N) is 1. The maximum absolute atomic E-state index is 13.0. The fourth-order valence-corrected chi connectivity index (χ4v) is 6.39. The highest BCUT2D eigenvalue weighted by atomic mass is 35.5. The van der Waals surface area contributed by atoms with Crippen LogP contribution in [-0.4, -0.2) is 41.9 Å². The van der Waals surface area contributed by atoms with Gasteiger partial charge in [-0.25, -0.2) is 12.8 Å². The Morgan fingerprint density at radius 3 is 2.55 bits per heavy atom. The summed E-state index contributed by atoms with van der Waals surface area (Å²) in [5, 5.41) is 10.3. The SMILES string of the molecule is O=C(Nc1nnc(Cc2ccc(F)cc2)o1)C1CCN(S(=O)(=O)c2ccc(Cl)s2)CC1.